The van der Waals surface area contributed by atoms with Gasteiger partial charge in [-0.05, 0) is 66.5 Å². The molecule has 6 rings (SSSR count). The van der Waals surface area contributed by atoms with Gasteiger partial charge in [-0.3, -0.25) is 30.9 Å². The van der Waals surface area contributed by atoms with Gasteiger partial charge in [0.05, 0.1) is 18.0 Å². The van der Waals surface area contributed by atoms with Crippen LogP contribution in [0, 0.1) is 0 Å². The Bertz CT molecular complexity index is 2880. The van der Waals surface area contributed by atoms with Crippen LogP contribution in [0.4, 0.5) is 39.7 Å². The highest BCUT2D eigenvalue weighted by Crippen LogP contribution is 2.25. The molecule has 2 atom stereocenters. The van der Waals surface area contributed by atoms with Crippen LogP contribution in [0.1, 0.15) is 111 Å². The molecule has 75 heavy (non-hydrogen) atoms. The zero-order valence-electron chi connectivity index (χ0n) is 41.6. The van der Waals surface area contributed by atoms with E-state index in [0.29, 0.717) is 10.8 Å². The zero-order chi connectivity index (χ0) is 55.3. The summed E-state index contributed by atoms with van der Waals surface area (Å²) >= 11 is 4.28. The Hall–Kier alpha value is -7.92. The maximum absolute atomic E-state index is 12.8. The van der Waals surface area contributed by atoms with E-state index in [-0.39, 0.29) is 58.1 Å². The van der Waals surface area contributed by atoms with Crippen LogP contribution in [-0.4, -0.2) is 90.9 Å². The Morgan fingerprint density at radius 3 is 1.40 bits per heavy atom. The van der Waals surface area contributed by atoms with Gasteiger partial charge in [0.25, 0.3) is 5.91 Å². The summed E-state index contributed by atoms with van der Waals surface area (Å²) in [7, 11) is 0. The third kappa shape index (κ3) is 22.0. The van der Waals surface area contributed by atoms with Crippen molar-refractivity contribution in [3.8, 4) is 0 Å². The fourth-order valence-electron chi connectivity index (χ4n) is 5.19. The number of aromatic nitrogens is 4. The molecule has 2 unspecified atom stereocenters. The maximum atomic E-state index is 12.8. The lowest BCUT2D eigenvalue weighted by Crippen LogP contribution is -2.35. The molecule has 0 aliphatic carbocycles. The summed E-state index contributed by atoms with van der Waals surface area (Å²) in [5.41, 5.74) is 6.54. The minimum absolute atomic E-state index is 0.0339. The zero-order valence-corrected chi connectivity index (χ0v) is 44.9. The molecule has 0 radical (unpaired) electrons. The van der Waals surface area contributed by atoms with Crippen LogP contribution in [0.3, 0.4) is 0 Å². The number of hydrogen-bond acceptors (Lipinski definition) is 22. The standard InChI is InChI=1S/C24H27N5O7S2.C14H15N3O3S.C9H12N2O4S/c1-5-34-19(31)17(27-18(30)16-13-38-21(26-16)29-23(33)36-24(2,3)4)15-12-37-20(25-15)28-22(32)35-11-14-9-7-6-8-10-14;1-9(18)12(15)11-8-21-13(16-11)17-14(19)20-7-10-5-3-2-4-6-10;1-9(2,3)15-8(14)11-7-10-5(4-16-7)6(12)13/h6-10,12-13,17H,5,11H2,1-4H3,(H,27,30)(H,25,28,32)(H,26,29,33);2-6,8,12H,7,15H2,1H3,(H,16,17,19);4H,1-3H3,(H,12,13)(H,10,11,14). The molecule has 0 saturated carbocycles. The molecule has 0 spiro atoms. The maximum Gasteiger partial charge on any atom is 0.413 e. The smallest absolute Gasteiger partial charge is 0.413 e. The number of rotatable bonds is 16. The number of thiazole rings is 4. The molecule has 0 bridgehead atoms. The molecule has 0 aliphatic rings. The van der Waals surface area contributed by atoms with E-state index in [2.05, 4.69) is 46.5 Å². The number of amides is 5. The first-order valence-electron chi connectivity index (χ1n) is 22.1. The normalized spacial score (nSPS) is 11.5. The number of carboxylic acids is 1. The van der Waals surface area contributed by atoms with E-state index in [4.69, 9.17) is 34.5 Å². The number of nitrogens with one attached hydrogen (secondary N) is 5. The number of carbonyl (C=O) groups is 8. The second-order valence-corrected chi connectivity index (χ2v) is 20.3. The highest BCUT2D eigenvalue weighted by molar-refractivity contribution is 7.15. The van der Waals surface area contributed by atoms with E-state index in [0.717, 1.165) is 45.1 Å². The second-order valence-electron chi connectivity index (χ2n) is 16.9. The van der Waals surface area contributed by atoms with Crippen molar-refractivity contribution in [3.63, 3.8) is 0 Å². The highest BCUT2D eigenvalue weighted by atomic mass is 32.1. The molecule has 0 saturated heterocycles. The number of carbonyl (C=O) groups excluding carboxylic acids is 7. The number of aromatic carboxylic acids is 1. The number of anilines is 4. The Balaban J connectivity index is 0.000000275. The van der Waals surface area contributed by atoms with Crippen molar-refractivity contribution in [2.45, 2.75) is 91.9 Å². The van der Waals surface area contributed by atoms with Crippen LogP contribution in [0.5, 0.6) is 0 Å². The first-order chi connectivity index (χ1) is 35.4. The lowest BCUT2D eigenvalue weighted by molar-refractivity contribution is -0.145. The molecule has 4 heterocycles. The van der Waals surface area contributed by atoms with Crippen molar-refractivity contribution in [3.05, 3.63) is 116 Å². The van der Waals surface area contributed by atoms with Crippen LogP contribution in [0.15, 0.2) is 82.2 Å². The molecule has 4 aromatic heterocycles. The number of hydrogen-bond donors (Lipinski definition) is 7. The van der Waals surface area contributed by atoms with Crippen molar-refractivity contribution in [1.29, 1.82) is 0 Å². The van der Waals surface area contributed by atoms with Gasteiger partial charge in [-0.15, -0.1) is 45.3 Å². The monoisotopic (exact) mass is 1110 g/mol. The number of Topliss-reactive ketones (excluding diaryl/α,β-unsaturated/α-hetero) is 1. The molecule has 400 valence electrons. The largest absolute Gasteiger partial charge is 0.476 e. The molecule has 0 aliphatic heterocycles. The van der Waals surface area contributed by atoms with Crippen molar-refractivity contribution in [2.24, 2.45) is 5.73 Å². The van der Waals surface area contributed by atoms with Crippen molar-refractivity contribution >= 4 is 114 Å². The Morgan fingerprint density at radius 1 is 0.573 bits per heavy atom. The molecular weight excluding hydrogens is 1060 g/mol. The average molecular weight is 1110 g/mol. The number of ether oxygens (including phenoxy) is 5. The van der Waals surface area contributed by atoms with E-state index in [1.54, 1.807) is 53.8 Å². The topological polar surface area (TPSA) is 341 Å². The van der Waals surface area contributed by atoms with Gasteiger partial charge >= 0.3 is 36.3 Å². The summed E-state index contributed by atoms with van der Waals surface area (Å²) in [4.78, 5) is 110. The minimum Gasteiger partial charge on any atom is -0.476 e. The van der Waals surface area contributed by atoms with Crippen molar-refractivity contribution < 1.29 is 67.1 Å². The lowest BCUT2D eigenvalue weighted by Gasteiger charge is -2.18. The Kier molecular flexibility index (Phi) is 22.7. The van der Waals surface area contributed by atoms with Gasteiger partial charge in [-0.25, -0.2) is 48.7 Å². The SMILES string of the molecule is CC(=O)C(N)c1csc(NC(=O)OCc2ccccc2)n1.CC(C)(C)OC(=O)Nc1nc(C(=O)O)cs1.CCOC(=O)C(NC(=O)c1csc(NC(=O)OC(C)(C)C)n1)c1csc(NC(=O)OCc2ccccc2)n1. The first kappa shape index (κ1) is 59.6. The summed E-state index contributed by atoms with van der Waals surface area (Å²) < 4.78 is 25.5. The van der Waals surface area contributed by atoms with Gasteiger partial charge < -0.3 is 39.8 Å². The number of benzene rings is 2. The summed E-state index contributed by atoms with van der Waals surface area (Å²) in [6.45, 7) is 13.7. The van der Waals surface area contributed by atoms with Gasteiger partial charge in [0.2, 0.25) is 0 Å². The molecule has 6 aromatic rings. The number of carboxylic acid groups (broad SMARTS) is 1. The predicted molar refractivity (Wildman–Crippen MR) is 280 cm³/mol. The summed E-state index contributed by atoms with van der Waals surface area (Å²) in [5.74, 6) is -2.75. The highest BCUT2D eigenvalue weighted by Gasteiger charge is 2.29. The number of nitrogens with two attached hydrogens (primary N) is 1. The summed E-state index contributed by atoms with van der Waals surface area (Å²) in [5, 5.41) is 27.7. The van der Waals surface area contributed by atoms with Gasteiger partial charge in [-0.1, -0.05) is 60.7 Å². The third-order valence-electron chi connectivity index (χ3n) is 8.41. The van der Waals surface area contributed by atoms with E-state index < -0.39 is 65.5 Å². The molecule has 8 N–H and O–H groups in total. The fourth-order valence-corrected chi connectivity index (χ4v) is 7.99. The first-order valence-corrected chi connectivity index (χ1v) is 25.6. The van der Waals surface area contributed by atoms with Crippen molar-refractivity contribution in [2.75, 3.05) is 27.9 Å². The number of esters is 1. The molecule has 5 amide bonds. The Labute approximate surface area is 445 Å². The predicted octanol–water partition coefficient (Wildman–Crippen LogP) is 9.40. The minimum atomic E-state index is -1.27. The van der Waals surface area contributed by atoms with Gasteiger partial charge in [-0.2, -0.15) is 0 Å². The van der Waals surface area contributed by atoms with E-state index >= 15 is 0 Å². The average Bonchev–Trinajstić information content (AvgIpc) is 4.19. The molecular formula is C47H54N10O14S4. The lowest BCUT2D eigenvalue weighted by atomic mass is 10.2. The van der Waals surface area contributed by atoms with Crippen LogP contribution >= 0.6 is 45.3 Å². The summed E-state index contributed by atoms with van der Waals surface area (Å²) in [6, 6.07) is 16.5. The van der Waals surface area contributed by atoms with E-state index in [1.807, 2.05) is 60.7 Å². The molecule has 24 nitrogen and oxygen atoms in total. The van der Waals surface area contributed by atoms with Crippen LogP contribution in [0.2, 0.25) is 0 Å². The van der Waals surface area contributed by atoms with Gasteiger partial charge in [0, 0.05) is 21.5 Å². The number of ketones is 1. The van der Waals surface area contributed by atoms with E-state index in [9.17, 15) is 38.4 Å². The fraction of sp³-hybridized carbons (Fsp3) is 0.319. The quantitative estimate of drug-likeness (QED) is 0.0350. The molecule has 28 heteroatoms. The molecule has 0 fully saturated rings. The van der Waals surface area contributed by atoms with Crippen LogP contribution < -0.4 is 32.3 Å². The Morgan fingerprint density at radius 2 is 0.973 bits per heavy atom. The van der Waals surface area contributed by atoms with Crippen LogP contribution in [-0.2, 0) is 46.5 Å². The second kappa shape index (κ2) is 28.5. The number of nitrogens with zero attached hydrogens (tertiary/aromatic N) is 4. The summed E-state index contributed by atoms with van der Waals surface area (Å²) in [6.07, 6.45) is -2.69. The molecule has 2 aromatic carbocycles. The van der Waals surface area contributed by atoms with E-state index in [1.165, 1.54) is 34.4 Å². The van der Waals surface area contributed by atoms with Crippen molar-refractivity contribution in [1.82, 2.24) is 25.3 Å². The third-order valence-corrected chi connectivity index (χ3v) is 11.5. The van der Waals surface area contributed by atoms with Gasteiger partial charge in [0.15, 0.2) is 38.0 Å². The van der Waals surface area contributed by atoms with Gasteiger partial charge in [0.1, 0.15) is 36.2 Å². The van der Waals surface area contributed by atoms with Crippen LogP contribution in [0.25, 0.3) is 0 Å².